The van der Waals surface area contributed by atoms with E-state index >= 15 is 0 Å². The Labute approximate surface area is 114 Å². The van der Waals surface area contributed by atoms with Crippen LogP contribution in [0.5, 0.6) is 0 Å². The van der Waals surface area contributed by atoms with E-state index in [9.17, 15) is 4.79 Å². The smallest absolute Gasteiger partial charge is 0.373 e. The molecule has 0 saturated carbocycles. The predicted molar refractivity (Wildman–Crippen MR) is 70.4 cm³/mol. The van der Waals surface area contributed by atoms with E-state index in [-0.39, 0.29) is 5.76 Å². The van der Waals surface area contributed by atoms with Crippen LogP contribution < -0.4 is 0 Å². The molecule has 3 aromatic rings. The molecule has 20 heavy (non-hydrogen) atoms. The van der Waals surface area contributed by atoms with E-state index in [1.807, 2.05) is 14.0 Å². The van der Waals surface area contributed by atoms with Gasteiger partial charge in [-0.1, -0.05) is 0 Å². The molecule has 0 aliphatic heterocycles. The third-order valence-corrected chi connectivity index (χ3v) is 3.17. The Morgan fingerprint density at radius 1 is 1.45 bits per heavy atom. The summed E-state index contributed by atoms with van der Waals surface area (Å²) >= 11 is 0. The van der Waals surface area contributed by atoms with Crippen molar-refractivity contribution < 1.29 is 13.9 Å². The maximum Gasteiger partial charge on any atom is 0.373 e. The first-order chi connectivity index (χ1) is 9.60. The summed E-state index contributed by atoms with van der Waals surface area (Å²) in [6, 6.07) is 3.34. The van der Waals surface area contributed by atoms with Crippen LogP contribution in [0.25, 0.3) is 11.0 Å². The van der Waals surface area contributed by atoms with Crippen molar-refractivity contribution in [3.63, 3.8) is 0 Å². The van der Waals surface area contributed by atoms with Gasteiger partial charge in [0.25, 0.3) is 0 Å². The zero-order chi connectivity index (χ0) is 14.3. The molecule has 3 rings (SSSR count). The molecule has 0 radical (unpaired) electrons. The molecule has 3 heterocycles. The van der Waals surface area contributed by atoms with Crippen molar-refractivity contribution in [2.24, 2.45) is 7.05 Å². The molecule has 0 unspecified atom stereocenters. The minimum Gasteiger partial charge on any atom is -0.463 e. The Morgan fingerprint density at radius 3 is 3.00 bits per heavy atom. The van der Waals surface area contributed by atoms with Crippen LogP contribution in [0, 0.1) is 6.92 Å². The second kappa shape index (κ2) is 4.52. The summed E-state index contributed by atoms with van der Waals surface area (Å²) in [5.74, 6) is 0.340. The van der Waals surface area contributed by atoms with Gasteiger partial charge in [-0.25, -0.2) is 4.79 Å². The second-order valence-electron chi connectivity index (χ2n) is 4.50. The molecule has 0 aliphatic rings. The van der Waals surface area contributed by atoms with Gasteiger partial charge in [0.1, 0.15) is 16.8 Å². The highest BCUT2D eigenvalue weighted by molar-refractivity contribution is 5.86. The quantitative estimate of drug-likeness (QED) is 0.677. The van der Waals surface area contributed by atoms with Gasteiger partial charge in [-0.05, 0) is 19.1 Å². The van der Waals surface area contributed by atoms with Gasteiger partial charge in [-0.2, -0.15) is 10.2 Å². The van der Waals surface area contributed by atoms with Crippen LogP contribution in [0.4, 0.5) is 0 Å². The minimum absolute atomic E-state index is 0.189. The monoisotopic (exact) mass is 274 g/mol. The van der Waals surface area contributed by atoms with Crippen LogP contribution in [-0.2, 0) is 18.3 Å². The lowest BCUT2D eigenvalue weighted by Gasteiger charge is -2.00. The Balaban J connectivity index is 1.93. The predicted octanol–water partition coefficient (Wildman–Crippen LogP) is 1.51. The first-order valence-corrected chi connectivity index (χ1v) is 6.12. The van der Waals surface area contributed by atoms with Gasteiger partial charge in [-0.15, -0.1) is 0 Å². The summed E-state index contributed by atoms with van der Waals surface area (Å²) in [5.41, 5.74) is 2.82. The Morgan fingerprint density at radius 2 is 2.25 bits per heavy atom. The molecular weight excluding hydrogens is 260 g/mol. The number of hydrogen-bond donors (Lipinski definition) is 0. The van der Waals surface area contributed by atoms with Gasteiger partial charge in [0.05, 0.1) is 25.5 Å². The highest BCUT2D eigenvalue weighted by Crippen LogP contribution is 2.19. The number of hydrogen-bond acceptors (Lipinski definition) is 5. The van der Waals surface area contributed by atoms with Crippen molar-refractivity contribution in [2.75, 3.05) is 7.11 Å². The average Bonchev–Trinajstić information content (AvgIpc) is 3.10. The average molecular weight is 274 g/mol. The summed E-state index contributed by atoms with van der Waals surface area (Å²) in [7, 11) is 3.20. The fraction of sp³-hybridized carbons (Fsp3) is 0.308. The maximum atomic E-state index is 11.3. The molecule has 0 fully saturated rings. The molecule has 0 amide bonds. The second-order valence-corrected chi connectivity index (χ2v) is 4.50. The zero-order valence-corrected chi connectivity index (χ0v) is 11.5. The lowest BCUT2D eigenvalue weighted by molar-refractivity contribution is 0.0563. The van der Waals surface area contributed by atoms with E-state index in [0.717, 1.165) is 16.7 Å². The van der Waals surface area contributed by atoms with Crippen LogP contribution in [0.3, 0.4) is 0 Å². The molecule has 0 N–H and O–H groups in total. The molecule has 104 valence electrons. The summed E-state index contributed by atoms with van der Waals surface area (Å²) in [4.78, 5) is 11.3. The normalized spacial score (nSPS) is 11.2. The number of carbonyl (C=O) groups excluding carboxylic acids is 1. The Hall–Kier alpha value is -2.57. The molecule has 0 aromatic carbocycles. The van der Waals surface area contributed by atoms with Crippen molar-refractivity contribution >= 4 is 17.0 Å². The molecule has 7 heteroatoms. The van der Waals surface area contributed by atoms with Crippen molar-refractivity contribution in [3.05, 3.63) is 35.5 Å². The van der Waals surface area contributed by atoms with Crippen LogP contribution in [0.1, 0.15) is 22.0 Å². The minimum atomic E-state index is -0.487. The summed E-state index contributed by atoms with van der Waals surface area (Å²) < 4.78 is 13.6. The molecule has 3 aromatic heterocycles. The Kier molecular flexibility index (Phi) is 2.81. The van der Waals surface area contributed by atoms with E-state index in [2.05, 4.69) is 14.9 Å². The van der Waals surface area contributed by atoms with Crippen molar-refractivity contribution in [1.82, 2.24) is 19.6 Å². The fourth-order valence-corrected chi connectivity index (χ4v) is 2.25. The number of aryl methyl sites for hydroxylation is 2. The van der Waals surface area contributed by atoms with Crippen LogP contribution in [-0.4, -0.2) is 32.6 Å². The highest BCUT2D eigenvalue weighted by atomic mass is 16.5. The molecule has 0 bridgehead atoms. The van der Waals surface area contributed by atoms with Crippen molar-refractivity contribution in [1.29, 1.82) is 0 Å². The topological polar surface area (TPSA) is 75.1 Å². The SMILES string of the molecule is COC(=O)c1ccc(Cn2ncc3c2c(C)nn3C)o1. The van der Waals surface area contributed by atoms with Crippen LogP contribution in [0.2, 0.25) is 0 Å². The summed E-state index contributed by atoms with van der Waals surface area (Å²) in [6.07, 6.45) is 1.76. The van der Waals surface area contributed by atoms with Crippen molar-refractivity contribution in [3.8, 4) is 0 Å². The van der Waals surface area contributed by atoms with Gasteiger partial charge in [-0.3, -0.25) is 9.36 Å². The number of nitrogens with zero attached hydrogens (tertiary/aromatic N) is 4. The van der Waals surface area contributed by atoms with Gasteiger partial charge in [0.2, 0.25) is 5.76 Å². The lowest BCUT2D eigenvalue weighted by Crippen LogP contribution is -2.02. The molecular formula is C13H14N4O3. The van der Waals surface area contributed by atoms with Crippen LogP contribution in [0.15, 0.2) is 22.7 Å². The number of methoxy groups -OCH3 is 1. The lowest BCUT2D eigenvalue weighted by atomic mass is 10.3. The third kappa shape index (κ3) is 1.87. The number of furan rings is 1. The zero-order valence-electron chi connectivity index (χ0n) is 11.5. The van der Waals surface area contributed by atoms with E-state index in [1.165, 1.54) is 7.11 Å². The standard InChI is InChI=1S/C13H14N4O3/c1-8-12-10(16(2)15-8)6-14-17(12)7-9-4-5-11(20-9)13(18)19-3/h4-6H,7H2,1-3H3. The fourth-order valence-electron chi connectivity index (χ4n) is 2.25. The number of fused-ring (bicyclic) bond motifs is 1. The third-order valence-electron chi connectivity index (χ3n) is 3.17. The molecule has 0 spiro atoms. The van der Waals surface area contributed by atoms with Gasteiger partial charge in [0.15, 0.2) is 0 Å². The highest BCUT2D eigenvalue weighted by Gasteiger charge is 2.15. The number of ether oxygens (including phenoxy) is 1. The maximum absolute atomic E-state index is 11.3. The van der Waals surface area contributed by atoms with E-state index in [1.54, 1.807) is 27.7 Å². The number of aromatic nitrogens is 4. The molecule has 0 saturated heterocycles. The van der Waals surface area contributed by atoms with Gasteiger partial charge < -0.3 is 9.15 Å². The van der Waals surface area contributed by atoms with Gasteiger partial charge in [0, 0.05) is 7.05 Å². The number of carbonyl (C=O) groups is 1. The number of esters is 1. The summed E-state index contributed by atoms with van der Waals surface area (Å²) in [5, 5.41) is 8.68. The molecule has 0 aliphatic carbocycles. The van der Waals surface area contributed by atoms with E-state index in [4.69, 9.17) is 4.42 Å². The van der Waals surface area contributed by atoms with Gasteiger partial charge >= 0.3 is 5.97 Å². The van der Waals surface area contributed by atoms with Crippen molar-refractivity contribution in [2.45, 2.75) is 13.5 Å². The molecule has 7 nitrogen and oxygen atoms in total. The van der Waals surface area contributed by atoms with E-state index < -0.39 is 5.97 Å². The first-order valence-electron chi connectivity index (χ1n) is 6.12. The first kappa shape index (κ1) is 12.5. The van der Waals surface area contributed by atoms with Crippen LogP contribution >= 0.6 is 0 Å². The molecule has 0 atom stereocenters. The number of rotatable bonds is 3. The summed E-state index contributed by atoms with van der Waals surface area (Å²) in [6.45, 7) is 2.37. The van der Waals surface area contributed by atoms with E-state index in [0.29, 0.717) is 12.3 Å². The Bertz CT molecular complexity index is 781. The largest absolute Gasteiger partial charge is 0.463 e.